The van der Waals surface area contributed by atoms with Gasteiger partial charge < -0.3 is 9.47 Å². The monoisotopic (exact) mass is 318 g/mol. The molecule has 0 unspecified atom stereocenters. The van der Waals surface area contributed by atoms with Gasteiger partial charge in [-0.05, 0) is 51.5 Å². The average molecular weight is 318 g/mol. The van der Waals surface area contributed by atoms with Gasteiger partial charge in [-0.25, -0.2) is 0 Å². The highest BCUT2D eigenvalue weighted by molar-refractivity contribution is 7.99. The topological polar surface area (TPSA) is 34.0 Å². The van der Waals surface area contributed by atoms with Crippen LogP contribution >= 0.6 is 11.8 Å². The molecule has 22 heavy (non-hydrogen) atoms. The summed E-state index contributed by atoms with van der Waals surface area (Å²) in [7, 11) is 0. The fourth-order valence-corrected chi connectivity index (χ4v) is 3.35. The first kappa shape index (κ1) is 16.9. The first-order chi connectivity index (χ1) is 10.7. The zero-order chi connectivity index (χ0) is 15.9. The third-order valence-electron chi connectivity index (χ3n) is 3.72. The maximum absolute atomic E-state index is 4.40. The number of nitrogens with zero attached hydrogens (tertiary/aromatic N) is 4. The number of benzene rings is 1. The van der Waals surface area contributed by atoms with Crippen molar-refractivity contribution in [2.45, 2.75) is 45.8 Å². The maximum Gasteiger partial charge on any atom is 0.191 e. The molecule has 0 amide bonds. The van der Waals surface area contributed by atoms with Crippen molar-refractivity contribution in [1.82, 2.24) is 14.8 Å². The van der Waals surface area contributed by atoms with Crippen LogP contribution in [0.25, 0.3) is 11.4 Å². The third kappa shape index (κ3) is 3.64. The van der Waals surface area contributed by atoms with E-state index in [0.29, 0.717) is 0 Å². The Labute approximate surface area is 137 Å². The van der Waals surface area contributed by atoms with E-state index in [1.54, 1.807) is 11.8 Å². The number of thioether (sulfide) groups is 1. The summed E-state index contributed by atoms with van der Waals surface area (Å²) in [5, 5.41) is 9.78. The fourth-order valence-electron chi connectivity index (χ4n) is 2.50. The van der Waals surface area contributed by atoms with Crippen LogP contribution in [-0.2, 0) is 6.54 Å². The van der Waals surface area contributed by atoms with Gasteiger partial charge in [0.2, 0.25) is 0 Å². The molecular formula is C17H26N4S. The molecule has 0 aliphatic carbocycles. The molecule has 1 aromatic heterocycles. The van der Waals surface area contributed by atoms with Crippen LogP contribution in [0.5, 0.6) is 0 Å². The highest BCUT2D eigenvalue weighted by Gasteiger charge is 2.13. The molecule has 4 nitrogen and oxygen atoms in total. The van der Waals surface area contributed by atoms with E-state index in [4.69, 9.17) is 0 Å². The normalized spacial score (nSPS) is 10.9. The molecule has 0 bridgehead atoms. The Morgan fingerprint density at radius 3 is 2.23 bits per heavy atom. The van der Waals surface area contributed by atoms with E-state index >= 15 is 0 Å². The van der Waals surface area contributed by atoms with Crippen LogP contribution < -0.4 is 4.90 Å². The molecule has 0 saturated carbocycles. The Bertz CT molecular complexity index is 573. The largest absolute Gasteiger partial charge is 0.372 e. The Morgan fingerprint density at radius 1 is 1.00 bits per heavy atom. The van der Waals surface area contributed by atoms with Crippen molar-refractivity contribution in [2.24, 2.45) is 0 Å². The van der Waals surface area contributed by atoms with Crippen molar-refractivity contribution >= 4 is 17.4 Å². The maximum atomic E-state index is 4.40. The van der Waals surface area contributed by atoms with Gasteiger partial charge in [-0.15, -0.1) is 10.2 Å². The van der Waals surface area contributed by atoms with Gasteiger partial charge in [0.1, 0.15) is 0 Å². The number of aromatic nitrogens is 3. The van der Waals surface area contributed by atoms with E-state index in [1.165, 1.54) is 5.69 Å². The van der Waals surface area contributed by atoms with Crippen molar-refractivity contribution in [3.63, 3.8) is 0 Å². The van der Waals surface area contributed by atoms with Gasteiger partial charge in [0, 0.05) is 36.6 Å². The SMILES string of the molecule is CCCSc1nnc(-c2ccc(N(CC)CC)cc2)n1CC. The quantitative estimate of drug-likeness (QED) is 0.679. The molecule has 0 spiro atoms. The van der Waals surface area contributed by atoms with Crippen molar-refractivity contribution in [1.29, 1.82) is 0 Å². The average Bonchev–Trinajstić information content (AvgIpc) is 2.97. The second kappa shape index (κ2) is 8.22. The predicted molar refractivity (Wildman–Crippen MR) is 95.7 cm³/mol. The van der Waals surface area contributed by atoms with Gasteiger partial charge in [0.15, 0.2) is 11.0 Å². The van der Waals surface area contributed by atoms with Crippen molar-refractivity contribution in [2.75, 3.05) is 23.7 Å². The first-order valence-electron chi connectivity index (χ1n) is 8.16. The zero-order valence-corrected chi connectivity index (χ0v) is 14.9. The van der Waals surface area contributed by atoms with Gasteiger partial charge in [0.25, 0.3) is 0 Å². The second-order valence-corrected chi connectivity index (χ2v) is 6.18. The third-order valence-corrected chi connectivity index (χ3v) is 4.90. The lowest BCUT2D eigenvalue weighted by molar-refractivity contribution is 0.687. The Hall–Kier alpha value is -1.49. The molecule has 1 heterocycles. The molecular weight excluding hydrogens is 292 g/mol. The molecule has 0 fully saturated rings. The van der Waals surface area contributed by atoms with E-state index < -0.39 is 0 Å². The van der Waals surface area contributed by atoms with Crippen LogP contribution in [-0.4, -0.2) is 33.6 Å². The lowest BCUT2D eigenvalue weighted by Gasteiger charge is -2.21. The van der Waals surface area contributed by atoms with E-state index in [0.717, 1.165) is 48.4 Å². The van der Waals surface area contributed by atoms with Gasteiger partial charge in [-0.1, -0.05) is 18.7 Å². The Balaban J connectivity index is 2.26. The highest BCUT2D eigenvalue weighted by Crippen LogP contribution is 2.26. The van der Waals surface area contributed by atoms with Gasteiger partial charge in [0.05, 0.1) is 0 Å². The summed E-state index contributed by atoms with van der Waals surface area (Å²) in [5.41, 5.74) is 2.39. The summed E-state index contributed by atoms with van der Waals surface area (Å²) >= 11 is 1.78. The van der Waals surface area contributed by atoms with Crippen LogP contribution in [0.2, 0.25) is 0 Å². The fraction of sp³-hybridized carbons (Fsp3) is 0.529. The van der Waals surface area contributed by atoms with Gasteiger partial charge >= 0.3 is 0 Å². The smallest absolute Gasteiger partial charge is 0.191 e. The van der Waals surface area contributed by atoms with E-state index in [-0.39, 0.29) is 0 Å². The lowest BCUT2D eigenvalue weighted by atomic mass is 10.2. The second-order valence-electron chi connectivity index (χ2n) is 5.12. The van der Waals surface area contributed by atoms with Crippen molar-refractivity contribution in [3.05, 3.63) is 24.3 Å². The Kier molecular flexibility index (Phi) is 6.31. The number of hydrogen-bond donors (Lipinski definition) is 0. The van der Waals surface area contributed by atoms with Gasteiger partial charge in [-0.2, -0.15) is 0 Å². The van der Waals surface area contributed by atoms with Crippen LogP contribution in [0, 0.1) is 0 Å². The van der Waals surface area contributed by atoms with Gasteiger partial charge in [-0.3, -0.25) is 0 Å². The summed E-state index contributed by atoms with van der Waals surface area (Å²) in [6.07, 6.45) is 1.15. The summed E-state index contributed by atoms with van der Waals surface area (Å²) in [5.74, 6) is 2.05. The Morgan fingerprint density at radius 2 is 1.68 bits per heavy atom. The van der Waals surface area contributed by atoms with Crippen LogP contribution in [0.1, 0.15) is 34.1 Å². The molecule has 0 atom stereocenters. The minimum absolute atomic E-state index is 0.895. The lowest BCUT2D eigenvalue weighted by Crippen LogP contribution is -2.21. The van der Waals surface area contributed by atoms with Crippen LogP contribution in [0.3, 0.4) is 0 Å². The first-order valence-corrected chi connectivity index (χ1v) is 9.14. The van der Waals surface area contributed by atoms with Crippen molar-refractivity contribution < 1.29 is 0 Å². The summed E-state index contributed by atoms with van der Waals surface area (Å²) in [4.78, 5) is 2.34. The minimum atomic E-state index is 0.895. The molecule has 0 radical (unpaired) electrons. The molecule has 0 saturated heterocycles. The molecule has 120 valence electrons. The van der Waals surface area contributed by atoms with Crippen LogP contribution in [0.15, 0.2) is 29.4 Å². The van der Waals surface area contributed by atoms with E-state index in [9.17, 15) is 0 Å². The molecule has 0 aliphatic rings. The predicted octanol–water partition coefficient (Wildman–Crippen LogP) is 4.31. The number of hydrogen-bond acceptors (Lipinski definition) is 4. The standard InChI is InChI=1S/C17H26N4S/c1-5-13-22-17-19-18-16(21(17)8-4)14-9-11-15(12-10-14)20(6-2)7-3/h9-12H,5-8,13H2,1-4H3. The van der Waals surface area contributed by atoms with E-state index in [1.807, 2.05) is 0 Å². The minimum Gasteiger partial charge on any atom is -0.372 e. The summed E-state index contributed by atoms with van der Waals surface area (Å²) < 4.78 is 2.20. The number of rotatable bonds is 8. The molecule has 1 aromatic carbocycles. The van der Waals surface area contributed by atoms with E-state index in [2.05, 4.69) is 71.6 Å². The number of anilines is 1. The zero-order valence-electron chi connectivity index (χ0n) is 14.0. The molecule has 5 heteroatoms. The molecule has 2 rings (SSSR count). The van der Waals surface area contributed by atoms with Crippen molar-refractivity contribution in [3.8, 4) is 11.4 Å². The molecule has 0 N–H and O–H groups in total. The molecule has 2 aromatic rings. The summed E-state index contributed by atoms with van der Waals surface area (Å²) in [6.45, 7) is 11.6. The summed E-state index contributed by atoms with van der Waals surface area (Å²) in [6, 6.07) is 8.65. The molecule has 0 aliphatic heterocycles. The van der Waals surface area contributed by atoms with Crippen LogP contribution in [0.4, 0.5) is 5.69 Å². The highest BCUT2D eigenvalue weighted by atomic mass is 32.2.